The second-order valence-electron chi connectivity index (χ2n) is 6.68. The molecular weight excluding hydrogens is 357 g/mol. The minimum absolute atomic E-state index is 0.300. The Morgan fingerprint density at radius 1 is 1.25 bits per heavy atom. The first-order valence-corrected chi connectivity index (χ1v) is 9.15. The lowest BCUT2D eigenvalue weighted by Crippen LogP contribution is -2.40. The zero-order chi connectivity index (χ0) is 19.5. The molecule has 2 aromatic heterocycles. The second-order valence-corrected chi connectivity index (χ2v) is 6.68. The van der Waals surface area contributed by atoms with E-state index < -0.39 is 0 Å². The number of halogens is 1. The summed E-state index contributed by atoms with van der Waals surface area (Å²) in [6, 6.07) is 11.7. The number of amides is 1. The first-order chi connectivity index (χ1) is 13.7. The molecule has 7 heteroatoms. The van der Waals surface area contributed by atoms with Gasteiger partial charge in [0.05, 0.1) is 23.4 Å². The topological polar surface area (TPSA) is 82.3 Å². The number of rotatable bonds is 5. The van der Waals surface area contributed by atoms with E-state index in [1.807, 2.05) is 18.2 Å². The van der Waals surface area contributed by atoms with E-state index in [1.54, 1.807) is 35.0 Å². The molecule has 0 aliphatic heterocycles. The van der Waals surface area contributed by atoms with Gasteiger partial charge in [-0.25, -0.2) is 9.37 Å². The summed E-state index contributed by atoms with van der Waals surface area (Å²) in [4.78, 5) is 17.0. The van der Waals surface area contributed by atoms with Crippen molar-refractivity contribution in [2.24, 2.45) is 0 Å². The number of hydrogen-bond donors (Lipinski definition) is 3. The molecule has 0 radical (unpaired) electrons. The third-order valence-electron chi connectivity index (χ3n) is 4.91. The van der Waals surface area contributed by atoms with Gasteiger partial charge < -0.3 is 16.0 Å². The lowest BCUT2D eigenvalue weighted by atomic mass is 9.91. The average Bonchev–Trinajstić information content (AvgIpc) is 3.14. The van der Waals surface area contributed by atoms with Crippen LogP contribution in [-0.2, 0) is 0 Å². The molecule has 28 heavy (non-hydrogen) atoms. The minimum Gasteiger partial charge on any atom is -0.356 e. The van der Waals surface area contributed by atoms with E-state index in [0.717, 1.165) is 17.6 Å². The molecular formula is C21H20FN5O. The molecule has 4 rings (SSSR count). The fourth-order valence-corrected chi connectivity index (χ4v) is 3.53. The summed E-state index contributed by atoms with van der Waals surface area (Å²) in [6.07, 6.45) is 6.89. The number of allylic oxidation sites excluding steroid dienone is 1. The number of imidazole rings is 1. The summed E-state index contributed by atoms with van der Waals surface area (Å²) < 4.78 is 15.7. The van der Waals surface area contributed by atoms with Gasteiger partial charge in [0, 0.05) is 23.7 Å². The number of hydrogen-bond acceptors (Lipinski definition) is 4. The highest BCUT2D eigenvalue weighted by Gasteiger charge is 2.25. The summed E-state index contributed by atoms with van der Waals surface area (Å²) in [5.74, 6) is -0.355. The maximum atomic E-state index is 14.0. The Morgan fingerprint density at radius 3 is 2.89 bits per heavy atom. The number of aromatic nitrogens is 2. The van der Waals surface area contributed by atoms with Crippen molar-refractivity contribution >= 4 is 23.3 Å². The first-order valence-electron chi connectivity index (χ1n) is 9.15. The van der Waals surface area contributed by atoms with Crippen LogP contribution >= 0.6 is 0 Å². The van der Waals surface area contributed by atoms with Crippen LogP contribution in [0.5, 0.6) is 0 Å². The molecule has 0 saturated carbocycles. The third kappa shape index (κ3) is 3.38. The first kappa shape index (κ1) is 17.9. The van der Waals surface area contributed by atoms with Crippen LogP contribution in [0.25, 0.3) is 5.52 Å². The molecule has 1 aromatic carbocycles. The quantitative estimate of drug-likeness (QED) is 0.592. The van der Waals surface area contributed by atoms with Gasteiger partial charge in [-0.3, -0.25) is 9.20 Å². The third-order valence-corrected chi connectivity index (χ3v) is 4.91. The fraction of sp³-hybridized carbons (Fsp3) is 0.190. The largest absolute Gasteiger partial charge is 0.356 e. The molecule has 0 saturated heterocycles. The Hall–Kier alpha value is -3.48. The molecule has 1 amide bonds. The van der Waals surface area contributed by atoms with Gasteiger partial charge in [0.2, 0.25) is 5.82 Å². The van der Waals surface area contributed by atoms with Crippen LogP contribution in [0.2, 0.25) is 0 Å². The van der Waals surface area contributed by atoms with Crippen molar-refractivity contribution in [3.8, 4) is 0 Å². The maximum absolute atomic E-state index is 14.0. The van der Waals surface area contributed by atoms with Gasteiger partial charge >= 0.3 is 0 Å². The van der Waals surface area contributed by atoms with E-state index in [2.05, 4.69) is 15.6 Å². The molecule has 3 aromatic rings. The van der Waals surface area contributed by atoms with E-state index in [4.69, 9.17) is 5.41 Å². The number of fused-ring (bicyclic) bond motifs is 1. The number of carbonyl (C=O) groups excluding carboxylic acids is 1. The van der Waals surface area contributed by atoms with Gasteiger partial charge in [-0.05, 0) is 43.5 Å². The normalized spacial score (nSPS) is 16.8. The van der Waals surface area contributed by atoms with E-state index >= 15 is 0 Å². The zero-order valence-corrected chi connectivity index (χ0v) is 15.2. The lowest BCUT2D eigenvalue weighted by molar-refractivity contribution is 0.0929. The zero-order valence-electron chi connectivity index (χ0n) is 15.2. The van der Waals surface area contributed by atoms with Crippen molar-refractivity contribution in [2.45, 2.75) is 25.3 Å². The highest BCUT2D eigenvalue weighted by molar-refractivity contribution is 5.93. The van der Waals surface area contributed by atoms with Crippen molar-refractivity contribution in [3.05, 3.63) is 77.8 Å². The average molecular weight is 377 g/mol. The van der Waals surface area contributed by atoms with Gasteiger partial charge in [0.15, 0.2) is 0 Å². The SMILES string of the molecule is N=CC1=C(Nc2ccccc2F)CCCC1NC(=O)c1ncc2ccccn12. The summed E-state index contributed by atoms with van der Waals surface area (Å²) in [7, 11) is 0. The number of benzene rings is 1. The van der Waals surface area contributed by atoms with E-state index in [9.17, 15) is 9.18 Å². The predicted octanol–water partition coefficient (Wildman–Crippen LogP) is 3.77. The summed E-state index contributed by atoms with van der Waals surface area (Å²) in [6.45, 7) is 0. The molecule has 0 spiro atoms. The maximum Gasteiger partial charge on any atom is 0.288 e. The number of anilines is 1. The van der Waals surface area contributed by atoms with Gasteiger partial charge in [-0.2, -0.15) is 0 Å². The van der Waals surface area contributed by atoms with E-state index in [1.165, 1.54) is 12.3 Å². The van der Waals surface area contributed by atoms with Crippen LogP contribution in [0, 0.1) is 11.2 Å². The molecule has 1 atom stereocenters. The fourth-order valence-electron chi connectivity index (χ4n) is 3.53. The second kappa shape index (κ2) is 7.64. The van der Waals surface area contributed by atoms with Crippen LogP contribution in [-0.4, -0.2) is 27.5 Å². The molecule has 6 nitrogen and oxygen atoms in total. The van der Waals surface area contributed by atoms with E-state index in [-0.39, 0.29) is 17.8 Å². The molecule has 2 heterocycles. The summed E-state index contributed by atoms with van der Waals surface area (Å²) in [5, 5.41) is 13.9. The van der Waals surface area contributed by atoms with Crippen molar-refractivity contribution in [1.29, 1.82) is 5.41 Å². The Balaban J connectivity index is 1.59. The number of nitrogens with zero attached hydrogens (tertiary/aromatic N) is 2. The van der Waals surface area contributed by atoms with E-state index in [0.29, 0.717) is 29.9 Å². The monoisotopic (exact) mass is 377 g/mol. The molecule has 142 valence electrons. The molecule has 3 N–H and O–H groups in total. The number of para-hydroxylation sites is 1. The molecule has 1 unspecified atom stereocenters. The Morgan fingerprint density at radius 2 is 2.07 bits per heavy atom. The number of carbonyl (C=O) groups is 1. The summed E-state index contributed by atoms with van der Waals surface area (Å²) >= 11 is 0. The summed E-state index contributed by atoms with van der Waals surface area (Å²) in [5.41, 5.74) is 2.61. The Kier molecular flexibility index (Phi) is 4.89. The standard InChI is InChI=1S/C21H20FN5O/c22-16-7-1-2-8-19(16)25-17-9-5-10-18(15(17)12-23)26-21(28)20-24-13-14-6-3-4-11-27(14)20/h1-4,6-8,11-13,18,23,25H,5,9-10H2,(H,26,28). The van der Waals surface area contributed by atoms with Crippen LogP contribution < -0.4 is 10.6 Å². The molecule has 1 aliphatic carbocycles. The highest BCUT2D eigenvalue weighted by atomic mass is 19.1. The van der Waals surface area contributed by atoms with Crippen molar-refractivity contribution in [1.82, 2.24) is 14.7 Å². The van der Waals surface area contributed by atoms with Crippen molar-refractivity contribution in [3.63, 3.8) is 0 Å². The van der Waals surface area contributed by atoms with Crippen LogP contribution in [0.4, 0.5) is 10.1 Å². The Bertz CT molecular complexity index is 1070. The van der Waals surface area contributed by atoms with Gasteiger partial charge in [0.25, 0.3) is 5.91 Å². The van der Waals surface area contributed by atoms with Gasteiger partial charge in [-0.15, -0.1) is 0 Å². The number of pyridine rings is 1. The molecule has 0 bridgehead atoms. The molecule has 0 fully saturated rings. The van der Waals surface area contributed by atoms with Crippen LogP contribution in [0.1, 0.15) is 29.9 Å². The smallest absolute Gasteiger partial charge is 0.288 e. The molecule has 1 aliphatic rings. The van der Waals surface area contributed by atoms with Crippen molar-refractivity contribution in [2.75, 3.05) is 5.32 Å². The Labute approximate surface area is 161 Å². The number of nitrogens with one attached hydrogen (secondary N) is 3. The highest BCUT2D eigenvalue weighted by Crippen LogP contribution is 2.27. The van der Waals surface area contributed by atoms with Crippen LogP contribution in [0.3, 0.4) is 0 Å². The van der Waals surface area contributed by atoms with Gasteiger partial charge in [-0.1, -0.05) is 18.2 Å². The predicted molar refractivity (Wildman–Crippen MR) is 106 cm³/mol. The van der Waals surface area contributed by atoms with Crippen LogP contribution in [0.15, 0.2) is 66.1 Å². The van der Waals surface area contributed by atoms with Crippen molar-refractivity contribution < 1.29 is 9.18 Å². The van der Waals surface area contributed by atoms with Gasteiger partial charge in [0.1, 0.15) is 5.82 Å². The lowest BCUT2D eigenvalue weighted by Gasteiger charge is -2.28. The minimum atomic E-state index is -0.352.